The van der Waals surface area contributed by atoms with E-state index in [9.17, 15) is 19.8 Å². The zero-order chi connectivity index (χ0) is 35.5. The first-order chi connectivity index (χ1) is 24.8. The highest BCUT2D eigenvalue weighted by atomic mass is 16.7. The Labute approximate surface area is 298 Å². The van der Waals surface area contributed by atoms with Crippen molar-refractivity contribution < 1.29 is 29.3 Å². The number of amides is 2. The minimum atomic E-state index is -0.657. The molecule has 2 aliphatic heterocycles. The van der Waals surface area contributed by atoms with E-state index >= 15 is 0 Å². The average Bonchev–Trinajstić information content (AvgIpc) is 3.42. The van der Waals surface area contributed by atoms with Gasteiger partial charge in [-0.1, -0.05) is 103 Å². The summed E-state index contributed by atoms with van der Waals surface area (Å²) >= 11 is 0. The Morgan fingerprint density at radius 1 is 0.745 bits per heavy atom. The Balaban J connectivity index is 1.11. The topological polar surface area (TPSA) is 99.5 Å². The molecule has 5 atom stereocenters. The van der Waals surface area contributed by atoms with E-state index in [1.807, 2.05) is 111 Å². The minimum Gasteiger partial charge on any atom is -0.392 e. The summed E-state index contributed by atoms with van der Waals surface area (Å²) in [4.78, 5) is 29.5. The van der Waals surface area contributed by atoms with E-state index in [0.29, 0.717) is 24.1 Å². The number of hydrogen-bond donors (Lipinski definition) is 2. The molecule has 0 spiro atoms. The second kappa shape index (κ2) is 15.1. The molecule has 1 saturated heterocycles. The number of carbonyl (C=O) groups excluding carboxylic acids is 2. The van der Waals surface area contributed by atoms with Gasteiger partial charge in [0.2, 0.25) is 0 Å². The SMILES string of the molecule is C[C@@H]([C@H](O)c1ccccc1)N(C)C[C@@H]1C[C@H](c2ccc(CO)cc2)O[C@H](c2cccc(-c3cccc(CN4C(=O)c5ccccc5C4=O)c3)c2)O1. The van der Waals surface area contributed by atoms with Crippen LogP contribution in [0.25, 0.3) is 11.1 Å². The molecule has 7 rings (SSSR count). The number of rotatable bonds is 11. The van der Waals surface area contributed by atoms with Crippen LogP contribution in [0.1, 0.15) is 80.4 Å². The van der Waals surface area contributed by atoms with Crippen molar-refractivity contribution in [1.82, 2.24) is 9.80 Å². The molecular formula is C43H42N2O6. The standard InChI is InChI=1S/C43H42N2O6/c1-28(40(47)32-11-4-3-5-12-32)44(2)26-36-24-39(31-20-18-29(27-46)19-21-31)51-43(50-36)35-15-9-14-34(23-35)33-13-8-10-30(22-33)25-45-41(48)37-16-6-7-17-38(37)42(45)49/h3-23,28,36,39-40,43,46-47H,24-27H2,1-2H3/t28-,36-,39+,40-,43+/m0/s1. The van der Waals surface area contributed by atoms with Gasteiger partial charge in [0.25, 0.3) is 11.8 Å². The van der Waals surface area contributed by atoms with Crippen LogP contribution in [0.15, 0.2) is 127 Å². The summed E-state index contributed by atoms with van der Waals surface area (Å²) in [5.41, 5.74) is 7.18. The van der Waals surface area contributed by atoms with Crippen LogP contribution in [0, 0.1) is 0 Å². The van der Waals surface area contributed by atoms with E-state index in [0.717, 1.165) is 38.9 Å². The molecule has 2 heterocycles. The van der Waals surface area contributed by atoms with E-state index in [1.54, 1.807) is 24.3 Å². The fourth-order valence-corrected chi connectivity index (χ4v) is 6.97. The highest BCUT2D eigenvalue weighted by Gasteiger charge is 2.36. The highest BCUT2D eigenvalue weighted by Crippen LogP contribution is 2.39. The summed E-state index contributed by atoms with van der Waals surface area (Å²) in [7, 11) is 2.01. The number of fused-ring (bicyclic) bond motifs is 1. The Morgan fingerprint density at radius 3 is 2.08 bits per heavy atom. The lowest BCUT2D eigenvalue weighted by atomic mass is 9.97. The Kier molecular flexibility index (Phi) is 10.2. The van der Waals surface area contributed by atoms with Crippen LogP contribution >= 0.6 is 0 Å². The molecule has 2 aliphatic rings. The predicted octanol–water partition coefficient (Wildman–Crippen LogP) is 7.24. The van der Waals surface area contributed by atoms with Crippen molar-refractivity contribution in [3.8, 4) is 11.1 Å². The van der Waals surface area contributed by atoms with Gasteiger partial charge >= 0.3 is 0 Å². The van der Waals surface area contributed by atoms with Crippen molar-refractivity contribution >= 4 is 11.8 Å². The van der Waals surface area contributed by atoms with Gasteiger partial charge in [0.15, 0.2) is 6.29 Å². The van der Waals surface area contributed by atoms with Gasteiger partial charge in [0, 0.05) is 24.6 Å². The highest BCUT2D eigenvalue weighted by molar-refractivity contribution is 6.21. The van der Waals surface area contributed by atoms with Gasteiger partial charge in [-0.05, 0) is 71.6 Å². The van der Waals surface area contributed by atoms with Crippen LogP contribution in [0.2, 0.25) is 0 Å². The maximum Gasteiger partial charge on any atom is 0.261 e. The molecule has 0 aromatic heterocycles. The summed E-state index contributed by atoms with van der Waals surface area (Å²) in [6.45, 7) is 2.75. The predicted molar refractivity (Wildman–Crippen MR) is 194 cm³/mol. The molecule has 0 saturated carbocycles. The third-order valence-corrected chi connectivity index (χ3v) is 10.0. The minimum absolute atomic E-state index is 0.0289. The molecule has 0 unspecified atom stereocenters. The van der Waals surface area contributed by atoms with E-state index < -0.39 is 12.4 Å². The van der Waals surface area contributed by atoms with Gasteiger partial charge in [-0.25, -0.2) is 0 Å². The summed E-state index contributed by atoms with van der Waals surface area (Å²) in [5, 5.41) is 20.7. The van der Waals surface area contributed by atoms with Crippen LogP contribution in [-0.2, 0) is 22.6 Å². The van der Waals surface area contributed by atoms with Gasteiger partial charge in [0.05, 0.1) is 42.6 Å². The molecule has 0 bridgehead atoms. The maximum absolute atomic E-state index is 13.0. The largest absolute Gasteiger partial charge is 0.392 e. The third kappa shape index (κ3) is 7.42. The molecule has 5 aromatic carbocycles. The monoisotopic (exact) mass is 682 g/mol. The number of aliphatic hydroxyl groups excluding tert-OH is 2. The molecule has 2 amide bonds. The van der Waals surface area contributed by atoms with Crippen LogP contribution in [-0.4, -0.2) is 57.6 Å². The van der Waals surface area contributed by atoms with Gasteiger partial charge < -0.3 is 19.7 Å². The van der Waals surface area contributed by atoms with E-state index in [1.165, 1.54) is 4.90 Å². The lowest BCUT2D eigenvalue weighted by Gasteiger charge is -2.39. The number of aliphatic hydroxyl groups is 2. The Hall–Kier alpha value is -4.96. The van der Waals surface area contributed by atoms with Gasteiger partial charge in [-0.15, -0.1) is 0 Å². The van der Waals surface area contributed by atoms with E-state index in [4.69, 9.17) is 9.47 Å². The fraction of sp³-hybridized carbons (Fsp3) is 0.256. The van der Waals surface area contributed by atoms with Gasteiger partial charge in [-0.2, -0.15) is 0 Å². The van der Waals surface area contributed by atoms with Crippen molar-refractivity contribution in [2.24, 2.45) is 0 Å². The first kappa shape index (κ1) is 34.5. The molecule has 8 heteroatoms. The molecule has 5 aromatic rings. The van der Waals surface area contributed by atoms with Gasteiger partial charge in [-0.3, -0.25) is 19.4 Å². The van der Waals surface area contributed by atoms with Crippen LogP contribution in [0.5, 0.6) is 0 Å². The quantitative estimate of drug-likeness (QED) is 0.142. The first-order valence-corrected chi connectivity index (χ1v) is 17.4. The van der Waals surface area contributed by atoms with Crippen molar-refractivity contribution in [3.63, 3.8) is 0 Å². The molecule has 2 N–H and O–H groups in total. The average molecular weight is 683 g/mol. The molecule has 0 radical (unpaired) electrons. The van der Waals surface area contributed by atoms with Crippen molar-refractivity contribution in [1.29, 1.82) is 0 Å². The zero-order valence-electron chi connectivity index (χ0n) is 28.8. The number of hydrogen-bond acceptors (Lipinski definition) is 7. The summed E-state index contributed by atoms with van der Waals surface area (Å²) in [6.07, 6.45) is -1.15. The summed E-state index contributed by atoms with van der Waals surface area (Å²) in [6, 6.07) is 40.2. The third-order valence-electron chi connectivity index (χ3n) is 10.0. The van der Waals surface area contributed by atoms with Crippen molar-refractivity contribution in [3.05, 3.63) is 166 Å². The Bertz CT molecular complexity index is 1960. The number of ether oxygens (including phenoxy) is 2. The smallest absolute Gasteiger partial charge is 0.261 e. The fourth-order valence-electron chi connectivity index (χ4n) is 6.97. The van der Waals surface area contributed by atoms with Crippen LogP contribution in [0.4, 0.5) is 0 Å². The second-order valence-corrected chi connectivity index (χ2v) is 13.5. The van der Waals surface area contributed by atoms with Crippen LogP contribution < -0.4 is 0 Å². The van der Waals surface area contributed by atoms with E-state index in [-0.39, 0.29) is 43.2 Å². The van der Waals surface area contributed by atoms with E-state index in [2.05, 4.69) is 11.0 Å². The molecule has 1 fully saturated rings. The lowest BCUT2D eigenvalue weighted by Crippen LogP contribution is -2.43. The summed E-state index contributed by atoms with van der Waals surface area (Å²) in [5.74, 6) is -0.557. The number of imide groups is 1. The Morgan fingerprint density at radius 2 is 1.39 bits per heavy atom. The van der Waals surface area contributed by atoms with Crippen LogP contribution in [0.3, 0.4) is 0 Å². The van der Waals surface area contributed by atoms with Gasteiger partial charge in [0.1, 0.15) is 0 Å². The molecule has 0 aliphatic carbocycles. The maximum atomic E-state index is 13.0. The lowest BCUT2D eigenvalue weighted by molar-refractivity contribution is -0.253. The molecular weight excluding hydrogens is 640 g/mol. The normalized spacial score (nSPS) is 20.0. The molecule has 51 heavy (non-hydrogen) atoms. The molecule has 260 valence electrons. The number of likely N-dealkylation sites (N-methyl/N-ethyl adjacent to an activating group) is 1. The summed E-state index contributed by atoms with van der Waals surface area (Å²) < 4.78 is 13.3. The van der Waals surface area contributed by atoms with Crippen molar-refractivity contribution in [2.45, 2.75) is 57.1 Å². The number of benzene rings is 5. The molecule has 8 nitrogen and oxygen atoms in total. The van der Waals surface area contributed by atoms with Crippen molar-refractivity contribution in [2.75, 3.05) is 13.6 Å². The zero-order valence-corrected chi connectivity index (χ0v) is 28.8. The number of nitrogens with zero attached hydrogens (tertiary/aromatic N) is 2. The number of carbonyl (C=O) groups is 2. The first-order valence-electron chi connectivity index (χ1n) is 17.4. The second-order valence-electron chi connectivity index (χ2n) is 13.5.